The Hall–Kier alpha value is -2.18. The van der Waals surface area contributed by atoms with Gasteiger partial charge in [-0.15, -0.1) is 0 Å². The van der Waals surface area contributed by atoms with Crippen LogP contribution in [-0.2, 0) is 9.59 Å². The average Bonchev–Trinajstić information content (AvgIpc) is 2.47. The third kappa shape index (κ3) is 4.98. The fraction of sp³-hybridized carbons (Fsp3) is 0.467. The summed E-state index contributed by atoms with van der Waals surface area (Å²) in [6, 6.07) is 2.82. The number of carbonyl (C=O) groups is 2. The van der Waals surface area contributed by atoms with Crippen LogP contribution in [0.4, 0.5) is 8.78 Å². The second-order valence-electron chi connectivity index (χ2n) is 4.68. The molecule has 7 heteroatoms. The van der Waals surface area contributed by atoms with Crippen LogP contribution in [0.15, 0.2) is 18.2 Å². The summed E-state index contributed by atoms with van der Waals surface area (Å²) in [6.45, 7) is 4.33. The van der Waals surface area contributed by atoms with E-state index in [9.17, 15) is 18.4 Å². The van der Waals surface area contributed by atoms with Crippen molar-refractivity contribution in [1.82, 2.24) is 9.80 Å². The number of halogens is 2. The lowest BCUT2D eigenvalue weighted by molar-refractivity contribution is -0.140. The molecule has 0 aliphatic carbocycles. The highest BCUT2D eigenvalue weighted by atomic mass is 19.1. The van der Waals surface area contributed by atoms with Crippen molar-refractivity contribution in [2.24, 2.45) is 0 Å². The molecule has 1 rings (SSSR count). The predicted molar refractivity (Wildman–Crippen MR) is 77.4 cm³/mol. The van der Waals surface area contributed by atoms with Gasteiger partial charge in [-0.05, 0) is 26.0 Å². The number of hydrogen-bond acceptors (Lipinski definition) is 3. The molecule has 0 atom stereocenters. The second-order valence-corrected chi connectivity index (χ2v) is 4.68. The number of carbonyl (C=O) groups excluding carboxylic acids is 2. The molecule has 122 valence electrons. The Kier molecular flexibility index (Phi) is 6.75. The average molecular weight is 314 g/mol. The van der Waals surface area contributed by atoms with Gasteiger partial charge in [0.1, 0.15) is 5.82 Å². The fourth-order valence-corrected chi connectivity index (χ4v) is 1.81. The van der Waals surface area contributed by atoms with E-state index in [4.69, 9.17) is 4.74 Å². The van der Waals surface area contributed by atoms with Crippen LogP contribution in [0, 0.1) is 11.6 Å². The van der Waals surface area contributed by atoms with E-state index in [0.29, 0.717) is 19.2 Å². The highest BCUT2D eigenvalue weighted by Gasteiger charge is 2.17. The van der Waals surface area contributed by atoms with Crippen molar-refractivity contribution in [3.63, 3.8) is 0 Å². The summed E-state index contributed by atoms with van der Waals surface area (Å²) < 4.78 is 31.1. The van der Waals surface area contributed by atoms with Crippen molar-refractivity contribution in [3.8, 4) is 5.75 Å². The number of ether oxygens (including phenoxy) is 1. The van der Waals surface area contributed by atoms with E-state index in [1.807, 2.05) is 13.8 Å². The summed E-state index contributed by atoms with van der Waals surface area (Å²) >= 11 is 0. The third-order valence-corrected chi connectivity index (χ3v) is 3.16. The highest BCUT2D eigenvalue weighted by molar-refractivity contribution is 5.85. The van der Waals surface area contributed by atoms with E-state index < -0.39 is 24.1 Å². The first-order valence-electron chi connectivity index (χ1n) is 6.98. The Balaban J connectivity index is 2.52. The quantitative estimate of drug-likeness (QED) is 0.769. The monoisotopic (exact) mass is 314 g/mol. The predicted octanol–water partition coefficient (Wildman–Crippen LogP) is 1.67. The first-order chi connectivity index (χ1) is 10.4. The Morgan fingerprint density at radius 2 is 1.77 bits per heavy atom. The van der Waals surface area contributed by atoms with Crippen LogP contribution >= 0.6 is 0 Å². The summed E-state index contributed by atoms with van der Waals surface area (Å²) in [5.74, 6) is -2.45. The van der Waals surface area contributed by atoms with Gasteiger partial charge in [-0.25, -0.2) is 8.78 Å². The molecular weight excluding hydrogens is 294 g/mol. The van der Waals surface area contributed by atoms with E-state index in [1.165, 1.54) is 11.9 Å². The molecule has 0 heterocycles. The molecule has 0 unspecified atom stereocenters. The molecule has 1 aromatic rings. The van der Waals surface area contributed by atoms with Gasteiger partial charge in [-0.3, -0.25) is 9.59 Å². The highest BCUT2D eigenvalue weighted by Crippen LogP contribution is 2.17. The summed E-state index contributed by atoms with van der Waals surface area (Å²) in [4.78, 5) is 26.6. The summed E-state index contributed by atoms with van der Waals surface area (Å²) in [5.41, 5.74) is 0. The van der Waals surface area contributed by atoms with Gasteiger partial charge in [-0.2, -0.15) is 0 Å². The summed E-state index contributed by atoms with van der Waals surface area (Å²) in [7, 11) is 1.47. The first kappa shape index (κ1) is 17.9. The zero-order valence-electron chi connectivity index (χ0n) is 12.9. The Morgan fingerprint density at radius 1 is 1.14 bits per heavy atom. The maximum Gasteiger partial charge on any atom is 0.260 e. The molecular formula is C15H20F2N2O3. The van der Waals surface area contributed by atoms with Crippen molar-refractivity contribution >= 4 is 11.8 Å². The van der Waals surface area contributed by atoms with E-state index in [0.717, 1.165) is 12.1 Å². The smallest absolute Gasteiger partial charge is 0.260 e. The number of rotatable bonds is 7. The molecule has 5 nitrogen and oxygen atoms in total. The molecule has 0 spiro atoms. The van der Waals surface area contributed by atoms with Gasteiger partial charge in [0, 0.05) is 26.2 Å². The first-order valence-corrected chi connectivity index (χ1v) is 6.98. The second kappa shape index (κ2) is 8.31. The summed E-state index contributed by atoms with van der Waals surface area (Å²) in [6.07, 6.45) is 0. The number of benzene rings is 1. The molecule has 0 bridgehead atoms. The maximum atomic E-state index is 13.4. The number of hydrogen-bond donors (Lipinski definition) is 0. The van der Waals surface area contributed by atoms with Crippen LogP contribution < -0.4 is 4.74 Å². The third-order valence-electron chi connectivity index (χ3n) is 3.16. The SMILES string of the molecule is CCN(CC)C(=O)CN(C)C(=O)COc1ccc(F)cc1F. The molecule has 0 saturated carbocycles. The Morgan fingerprint density at radius 3 is 2.32 bits per heavy atom. The van der Waals surface area contributed by atoms with Gasteiger partial charge in [0.25, 0.3) is 5.91 Å². The van der Waals surface area contributed by atoms with Gasteiger partial charge in [0.2, 0.25) is 5.91 Å². The zero-order valence-corrected chi connectivity index (χ0v) is 12.9. The van der Waals surface area contributed by atoms with Gasteiger partial charge >= 0.3 is 0 Å². The molecule has 0 radical (unpaired) electrons. The zero-order chi connectivity index (χ0) is 16.7. The molecule has 0 saturated heterocycles. The van der Waals surface area contributed by atoms with Crippen LogP contribution in [0.25, 0.3) is 0 Å². The molecule has 0 aliphatic heterocycles. The minimum absolute atomic E-state index is 0.0736. The van der Waals surface area contributed by atoms with Crippen LogP contribution in [0.5, 0.6) is 5.75 Å². The normalized spacial score (nSPS) is 10.2. The van der Waals surface area contributed by atoms with E-state index in [-0.39, 0.29) is 18.2 Å². The topological polar surface area (TPSA) is 49.9 Å². The molecule has 1 aromatic carbocycles. The van der Waals surface area contributed by atoms with E-state index in [1.54, 1.807) is 4.90 Å². The Bertz CT molecular complexity index is 534. The lowest BCUT2D eigenvalue weighted by Crippen LogP contribution is -2.42. The molecule has 0 fully saturated rings. The largest absolute Gasteiger partial charge is 0.481 e. The van der Waals surface area contributed by atoms with E-state index >= 15 is 0 Å². The van der Waals surface area contributed by atoms with Crippen LogP contribution in [0.2, 0.25) is 0 Å². The molecule has 0 N–H and O–H groups in total. The lowest BCUT2D eigenvalue weighted by Gasteiger charge is -2.23. The molecule has 0 aromatic heterocycles. The van der Waals surface area contributed by atoms with Gasteiger partial charge < -0.3 is 14.5 Å². The van der Waals surface area contributed by atoms with E-state index in [2.05, 4.69) is 0 Å². The molecule has 22 heavy (non-hydrogen) atoms. The molecule has 2 amide bonds. The van der Waals surface area contributed by atoms with Crippen molar-refractivity contribution < 1.29 is 23.1 Å². The minimum atomic E-state index is -0.880. The maximum absolute atomic E-state index is 13.4. The van der Waals surface area contributed by atoms with Gasteiger partial charge in [-0.1, -0.05) is 0 Å². The standard InChI is InChI=1S/C15H20F2N2O3/c1-4-19(5-2)14(20)9-18(3)15(21)10-22-13-7-6-11(16)8-12(13)17/h6-8H,4-5,9-10H2,1-3H3. The van der Waals surface area contributed by atoms with Gasteiger partial charge in [0.15, 0.2) is 18.2 Å². The summed E-state index contributed by atoms with van der Waals surface area (Å²) in [5, 5.41) is 0. The number of amides is 2. The molecule has 0 aliphatic rings. The van der Waals surface area contributed by atoms with Crippen molar-refractivity contribution in [3.05, 3.63) is 29.8 Å². The van der Waals surface area contributed by atoms with Crippen LogP contribution in [-0.4, -0.2) is 54.9 Å². The van der Waals surface area contributed by atoms with Crippen LogP contribution in [0.1, 0.15) is 13.8 Å². The van der Waals surface area contributed by atoms with Gasteiger partial charge in [0.05, 0.1) is 6.54 Å². The number of likely N-dealkylation sites (N-methyl/N-ethyl adjacent to an activating group) is 2. The van der Waals surface area contributed by atoms with Crippen molar-refractivity contribution in [2.45, 2.75) is 13.8 Å². The number of nitrogens with zero attached hydrogens (tertiary/aromatic N) is 2. The fourth-order valence-electron chi connectivity index (χ4n) is 1.81. The van der Waals surface area contributed by atoms with Crippen molar-refractivity contribution in [2.75, 3.05) is 33.3 Å². The Labute approximate surface area is 128 Å². The van der Waals surface area contributed by atoms with Crippen LogP contribution in [0.3, 0.4) is 0 Å². The minimum Gasteiger partial charge on any atom is -0.481 e. The van der Waals surface area contributed by atoms with Crippen molar-refractivity contribution in [1.29, 1.82) is 0 Å². The lowest BCUT2D eigenvalue weighted by atomic mass is 10.3.